The van der Waals surface area contributed by atoms with Crippen molar-refractivity contribution >= 4 is 62.6 Å². The largest absolute Gasteiger partial charge is 0.309 e. The van der Waals surface area contributed by atoms with E-state index in [-0.39, 0.29) is 0 Å². The van der Waals surface area contributed by atoms with Crippen molar-refractivity contribution in [1.29, 1.82) is 0 Å². The van der Waals surface area contributed by atoms with E-state index in [1.54, 1.807) is 0 Å². The summed E-state index contributed by atoms with van der Waals surface area (Å²) < 4.78 is 0. The Morgan fingerprint density at radius 2 is 1.12 bits per heavy atom. The van der Waals surface area contributed by atoms with Gasteiger partial charge in [-0.1, -0.05) is 120 Å². The Kier molecular flexibility index (Phi) is 5.80. The molecule has 0 fully saturated rings. The molecule has 0 spiro atoms. The second kappa shape index (κ2) is 8.88. The minimum Gasteiger partial charge on any atom is -0.309 e. The molecule has 5 aromatic rings. The van der Waals surface area contributed by atoms with Gasteiger partial charge in [-0.05, 0) is 35.2 Å². The first-order valence-electron chi connectivity index (χ1n) is 10.2. The standard InChI is InChI=1S/C28H18Cl3N/c29-25-17-22(18-26(30)27(25)31)32(21-12-5-2-6-13-21)28-23-14-8-7-11-20(23)15-16-24(28)19-9-3-1-4-10-19/h1-18H. The van der Waals surface area contributed by atoms with Crippen LogP contribution in [0.1, 0.15) is 0 Å². The van der Waals surface area contributed by atoms with E-state index >= 15 is 0 Å². The van der Waals surface area contributed by atoms with Gasteiger partial charge in [0.25, 0.3) is 0 Å². The van der Waals surface area contributed by atoms with Crippen LogP contribution >= 0.6 is 34.8 Å². The van der Waals surface area contributed by atoms with Crippen LogP contribution in [0.3, 0.4) is 0 Å². The molecular weight excluding hydrogens is 457 g/mol. The molecule has 0 heterocycles. The molecule has 0 atom stereocenters. The van der Waals surface area contributed by atoms with Gasteiger partial charge in [0.1, 0.15) is 0 Å². The van der Waals surface area contributed by atoms with Crippen LogP contribution in [0.2, 0.25) is 15.1 Å². The van der Waals surface area contributed by atoms with Crippen LogP contribution in [0, 0.1) is 0 Å². The number of hydrogen-bond acceptors (Lipinski definition) is 1. The number of benzene rings is 5. The molecule has 0 saturated carbocycles. The van der Waals surface area contributed by atoms with E-state index < -0.39 is 0 Å². The summed E-state index contributed by atoms with van der Waals surface area (Å²) in [7, 11) is 0. The maximum Gasteiger partial charge on any atom is 0.0780 e. The van der Waals surface area contributed by atoms with Crippen LogP contribution in [0.15, 0.2) is 109 Å². The summed E-state index contributed by atoms with van der Waals surface area (Å²) in [6, 6.07) is 37.0. The molecule has 0 N–H and O–H groups in total. The number of anilines is 3. The van der Waals surface area contributed by atoms with Gasteiger partial charge in [-0.25, -0.2) is 0 Å². The Hall–Kier alpha value is -2.97. The van der Waals surface area contributed by atoms with E-state index in [9.17, 15) is 0 Å². The van der Waals surface area contributed by atoms with Crippen LogP contribution in [0.25, 0.3) is 21.9 Å². The molecule has 0 radical (unpaired) electrons. The van der Waals surface area contributed by atoms with Crippen molar-refractivity contribution in [2.24, 2.45) is 0 Å². The second-order valence-electron chi connectivity index (χ2n) is 7.44. The molecule has 5 rings (SSSR count). The SMILES string of the molecule is Clc1cc(N(c2ccccc2)c2c(-c3ccccc3)ccc3ccccc23)cc(Cl)c1Cl. The van der Waals surface area contributed by atoms with Crippen LogP contribution in [0.4, 0.5) is 17.1 Å². The van der Waals surface area contributed by atoms with Gasteiger partial charge in [0, 0.05) is 22.3 Å². The van der Waals surface area contributed by atoms with Gasteiger partial charge in [0.2, 0.25) is 0 Å². The molecular formula is C28H18Cl3N. The van der Waals surface area contributed by atoms with E-state index in [0.717, 1.165) is 39.0 Å². The quantitative estimate of drug-likeness (QED) is 0.234. The monoisotopic (exact) mass is 473 g/mol. The van der Waals surface area contributed by atoms with Crippen LogP contribution in [-0.4, -0.2) is 0 Å². The first-order valence-corrected chi connectivity index (χ1v) is 11.3. The molecule has 0 amide bonds. The smallest absolute Gasteiger partial charge is 0.0780 e. The summed E-state index contributed by atoms with van der Waals surface area (Å²) >= 11 is 19.2. The van der Waals surface area contributed by atoms with Crippen molar-refractivity contribution in [1.82, 2.24) is 0 Å². The summed E-state index contributed by atoms with van der Waals surface area (Å²) in [6.07, 6.45) is 0. The number of halogens is 3. The molecule has 0 saturated heterocycles. The maximum absolute atomic E-state index is 6.47. The van der Waals surface area contributed by atoms with E-state index in [4.69, 9.17) is 34.8 Å². The Bertz CT molecular complexity index is 1380. The van der Waals surface area contributed by atoms with Gasteiger partial charge >= 0.3 is 0 Å². The second-order valence-corrected chi connectivity index (χ2v) is 8.64. The molecule has 0 aliphatic heterocycles. The third-order valence-corrected chi connectivity index (χ3v) is 6.65. The van der Waals surface area contributed by atoms with E-state index in [1.807, 2.05) is 36.4 Å². The molecule has 5 aromatic carbocycles. The zero-order chi connectivity index (χ0) is 22.1. The lowest BCUT2D eigenvalue weighted by Crippen LogP contribution is -2.12. The number of nitrogens with zero attached hydrogens (tertiary/aromatic N) is 1. The van der Waals surface area contributed by atoms with Crippen LogP contribution < -0.4 is 4.90 Å². The van der Waals surface area contributed by atoms with Crippen molar-refractivity contribution in [2.45, 2.75) is 0 Å². The summed E-state index contributed by atoms with van der Waals surface area (Å²) in [5.74, 6) is 0. The summed E-state index contributed by atoms with van der Waals surface area (Å²) in [4.78, 5) is 2.19. The number of fused-ring (bicyclic) bond motifs is 1. The molecule has 0 aliphatic carbocycles. The van der Waals surface area contributed by atoms with Crippen molar-refractivity contribution in [2.75, 3.05) is 4.90 Å². The van der Waals surface area contributed by atoms with E-state index in [0.29, 0.717) is 15.1 Å². The fourth-order valence-electron chi connectivity index (χ4n) is 4.00. The van der Waals surface area contributed by atoms with E-state index in [2.05, 4.69) is 77.7 Å². The molecule has 32 heavy (non-hydrogen) atoms. The van der Waals surface area contributed by atoms with Gasteiger partial charge < -0.3 is 4.90 Å². The van der Waals surface area contributed by atoms with Crippen LogP contribution in [-0.2, 0) is 0 Å². The lowest BCUT2D eigenvalue weighted by Gasteiger charge is -2.30. The Morgan fingerprint density at radius 1 is 0.531 bits per heavy atom. The highest BCUT2D eigenvalue weighted by Crippen LogP contribution is 2.47. The van der Waals surface area contributed by atoms with Crippen molar-refractivity contribution in [3.8, 4) is 11.1 Å². The molecule has 0 aromatic heterocycles. The highest BCUT2D eigenvalue weighted by molar-refractivity contribution is 6.48. The average Bonchev–Trinajstić information content (AvgIpc) is 2.84. The van der Waals surface area contributed by atoms with Gasteiger partial charge in [-0.15, -0.1) is 0 Å². The van der Waals surface area contributed by atoms with Gasteiger partial charge in [0.15, 0.2) is 0 Å². The number of rotatable bonds is 4. The maximum atomic E-state index is 6.47. The Balaban J connectivity index is 1.89. The predicted molar refractivity (Wildman–Crippen MR) is 139 cm³/mol. The molecule has 0 unspecified atom stereocenters. The number of para-hydroxylation sites is 1. The van der Waals surface area contributed by atoms with Crippen LogP contribution in [0.5, 0.6) is 0 Å². The Labute approximate surface area is 202 Å². The van der Waals surface area contributed by atoms with E-state index in [1.165, 1.54) is 0 Å². The van der Waals surface area contributed by atoms with Crippen molar-refractivity contribution < 1.29 is 0 Å². The van der Waals surface area contributed by atoms with Gasteiger partial charge in [-0.3, -0.25) is 0 Å². The summed E-state index contributed by atoms with van der Waals surface area (Å²) in [6.45, 7) is 0. The molecule has 156 valence electrons. The fourth-order valence-corrected chi connectivity index (χ4v) is 4.59. The first-order chi connectivity index (χ1) is 15.6. The average molecular weight is 475 g/mol. The van der Waals surface area contributed by atoms with Gasteiger partial charge in [0.05, 0.1) is 20.8 Å². The first kappa shape index (κ1) is 20.9. The highest BCUT2D eigenvalue weighted by atomic mass is 35.5. The molecule has 1 nitrogen and oxygen atoms in total. The molecule has 4 heteroatoms. The third kappa shape index (κ3) is 3.84. The molecule has 0 aliphatic rings. The minimum absolute atomic E-state index is 0.353. The van der Waals surface area contributed by atoms with Crippen molar-refractivity contribution in [3.05, 3.63) is 124 Å². The summed E-state index contributed by atoms with van der Waals surface area (Å²) in [5, 5.41) is 3.45. The van der Waals surface area contributed by atoms with Crippen molar-refractivity contribution in [3.63, 3.8) is 0 Å². The normalized spacial score (nSPS) is 11.0. The lowest BCUT2D eigenvalue weighted by atomic mass is 9.96. The zero-order valence-corrected chi connectivity index (χ0v) is 19.2. The minimum atomic E-state index is 0.353. The zero-order valence-electron chi connectivity index (χ0n) is 17.0. The summed E-state index contributed by atoms with van der Waals surface area (Å²) in [5.41, 5.74) is 5.12. The third-order valence-electron chi connectivity index (χ3n) is 5.45. The number of hydrogen-bond donors (Lipinski definition) is 0. The Morgan fingerprint density at radius 3 is 1.81 bits per heavy atom. The predicted octanol–water partition coefficient (Wildman–Crippen LogP) is 9.94. The topological polar surface area (TPSA) is 3.24 Å². The van der Waals surface area contributed by atoms with Gasteiger partial charge in [-0.2, -0.15) is 0 Å². The molecule has 0 bridgehead atoms. The highest BCUT2D eigenvalue weighted by Gasteiger charge is 2.21. The lowest BCUT2D eigenvalue weighted by molar-refractivity contribution is 1.30. The fraction of sp³-hybridized carbons (Fsp3) is 0.